The summed E-state index contributed by atoms with van der Waals surface area (Å²) in [6.07, 6.45) is 1.32. The van der Waals surface area contributed by atoms with E-state index in [-0.39, 0.29) is 5.91 Å². The number of rotatable bonds is 4. The summed E-state index contributed by atoms with van der Waals surface area (Å²) in [4.78, 5) is 18.1. The second-order valence-electron chi connectivity index (χ2n) is 7.26. The Kier molecular flexibility index (Phi) is 5.14. The number of thiazole rings is 1. The van der Waals surface area contributed by atoms with E-state index < -0.39 is 0 Å². The normalized spacial score (nSPS) is 12.2. The van der Waals surface area contributed by atoms with Crippen LogP contribution in [-0.2, 0) is 17.8 Å². The first-order chi connectivity index (χ1) is 13.6. The van der Waals surface area contributed by atoms with E-state index in [1.54, 1.807) is 11.3 Å². The molecular weight excluding hydrogens is 364 g/mol. The zero-order valence-electron chi connectivity index (χ0n) is 16.5. The molecule has 0 saturated carbocycles. The van der Waals surface area contributed by atoms with Crippen LogP contribution < -0.4 is 4.80 Å². The van der Waals surface area contributed by atoms with Crippen LogP contribution in [-0.4, -0.2) is 10.5 Å². The van der Waals surface area contributed by atoms with Crippen LogP contribution in [0.2, 0.25) is 0 Å². The topological polar surface area (TPSA) is 34.4 Å². The molecule has 0 radical (unpaired) electrons. The summed E-state index contributed by atoms with van der Waals surface area (Å²) < 4.78 is 3.38. The molecule has 4 heteroatoms. The molecule has 0 spiro atoms. The molecule has 3 nitrogen and oxygen atoms in total. The molecule has 0 unspecified atom stereocenters. The standard InChI is InChI=1S/C24H24N2OS/c1-4-12-26-21-13-16(2)17(3)14-22(21)28-24(26)25-23(27)15-19-10-7-9-18-8-5-6-11-20(18)19/h5-11,13-14H,4,12,15H2,1-3H3. The lowest BCUT2D eigenvalue weighted by molar-refractivity contribution is -0.117. The third-order valence-electron chi connectivity index (χ3n) is 5.19. The minimum atomic E-state index is -0.0961. The minimum Gasteiger partial charge on any atom is -0.316 e. The van der Waals surface area contributed by atoms with Gasteiger partial charge in [0, 0.05) is 6.54 Å². The molecule has 28 heavy (non-hydrogen) atoms. The maximum absolute atomic E-state index is 12.8. The van der Waals surface area contributed by atoms with Crippen molar-refractivity contribution in [3.63, 3.8) is 0 Å². The molecule has 0 aliphatic heterocycles. The lowest BCUT2D eigenvalue weighted by atomic mass is 10.0. The van der Waals surface area contributed by atoms with Gasteiger partial charge in [0.2, 0.25) is 0 Å². The van der Waals surface area contributed by atoms with Crippen LogP contribution in [0.4, 0.5) is 0 Å². The number of amides is 1. The molecule has 1 heterocycles. The number of carbonyl (C=O) groups is 1. The minimum absolute atomic E-state index is 0.0961. The summed E-state index contributed by atoms with van der Waals surface area (Å²) in [6, 6.07) is 18.7. The Labute approximate surface area is 169 Å². The third kappa shape index (κ3) is 3.52. The van der Waals surface area contributed by atoms with E-state index in [1.807, 2.05) is 24.3 Å². The largest absolute Gasteiger partial charge is 0.316 e. The van der Waals surface area contributed by atoms with Gasteiger partial charge in [-0.3, -0.25) is 4.79 Å². The number of aromatic nitrogens is 1. The first-order valence-corrected chi connectivity index (χ1v) is 10.5. The number of aryl methyl sites for hydroxylation is 3. The van der Waals surface area contributed by atoms with E-state index in [0.29, 0.717) is 6.42 Å². The first-order valence-electron chi connectivity index (χ1n) is 9.71. The molecule has 1 amide bonds. The van der Waals surface area contributed by atoms with Crippen molar-refractivity contribution in [3.8, 4) is 0 Å². The van der Waals surface area contributed by atoms with Crippen molar-refractivity contribution >= 4 is 38.2 Å². The van der Waals surface area contributed by atoms with Crippen molar-refractivity contribution in [2.24, 2.45) is 4.99 Å². The molecule has 142 valence electrons. The number of carbonyl (C=O) groups excluding carboxylic acids is 1. The monoisotopic (exact) mass is 388 g/mol. The Morgan fingerprint density at radius 1 is 1.04 bits per heavy atom. The molecule has 0 bridgehead atoms. The predicted molar refractivity (Wildman–Crippen MR) is 118 cm³/mol. The van der Waals surface area contributed by atoms with Gasteiger partial charge in [-0.25, -0.2) is 0 Å². The van der Waals surface area contributed by atoms with Gasteiger partial charge in [-0.15, -0.1) is 0 Å². The molecule has 0 aliphatic rings. The lowest BCUT2D eigenvalue weighted by Crippen LogP contribution is -2.17. The van der Waals surface area contributed by atoms with E-state index in [2.05, 4.69) is 60.7 Å². The van der Waals surface area contributed by atoms with Gasteiger partial charge in [0.15, 0.2) is 4.80 Å². The first kappa shape index (κ1) is 18.6. The van der Waals surface area contributed by atoms with Crippen molar-refractivity contribution in [2.45, 2.75) is 40.2 Å². The van der Waals surface area contributed by atoms with Gasteiger partial charge in [-0.05, 0) is 59.9 Å². The lowest BCUT2D eigenvalue weighted by Gasteiger charge is -2.06. The molecule has 0 atom stereocenters. The number of fused-ring (bicyclic) bond motifs is 2. The second-order valence-corrected chi connectivity index (χ2v) is 8.27. The predicted octanol–water partition coefficient (Wildman–Crippen LogP) is 5.55. The summed E-state index contributed by atoms with van der Waals surface area (Å²) >= 11 is 1.60. The smallest absolute Gasteiger partial charge is 0.252 e. The summed E-state index contributed by atoms with van der Waals surface area (Å²) in [5.74, 6) is -0.0961. The van der Waals surface area contributed by atoms with Gasteiger partial charge >= 0.3 is 0 Å². The Bertz CT molecular complexity index is 1240. The van der Waals surface area contributed by atoms with E-state index in [4.69, 9.17) is 0 Å². The molecular formula is C24H24N2OS. The third-order valence-corrected chi connectivity index (χ3v) is 6.23. The quantitative estimate of drug-likeness (QED) is 0.451. The molecule has 1 aromatic heterocycles. The van der Waals surface area contributed by atoms with E-state index in [0.717, 1.165) is 34.1 Å². The van der Waals surface area contributed by atoms with Crippen LogP contribution in [0, 0.1) is 13.8 Å². The van der Waals surface area contributed by atoms with Crippen LogP contribution in [0.15, 0.2) is 59.6 Å². The van der Waals surface area contributed by atoms with E-state index >= 15 is 0 Å². The van der Waals surface area contributed by atoms with Crippen molar-refractivity contribution in [1.29, 1.82) is 0 Å². The van der Waals surface area contributed by atoms with Gasteiger partial charge in [-0.1, -0.05) is 60.7 Å². The average Bonchev–Trinajstić information content (AvgIpc) is 2.99. The van der Waals surface area contributed by atoms with Crippen molar-refractivity contribution in [2.75, 3.05) is 0 Å². The Hall–Kier alpha value is -2.72. The van der Waals surface area contributed by atoms with Gasteiger partial charge in [0.05, 0.1) is 16.6 Å². The SMILES string of the molecule is CCCn1c(=NC(=O)Cc2cccc3ccccc23)sc2cc(C)c(C)cc21. The molecule has 4 rings (SSSR count). The highest BCUT2D eigenvalue weighted by Gasteiger charge is 2.10. The van der Waals surface area contributed by atoms with Crippen molar-refractivity contribution in [1.82, 2.24) is 4.57 Å². The molecule has 4 aromatic rings. The fraction of sp³-hybridized carbons (Fsp3) is 0.250. The zero-order valence-corrected chi connectivity index (χ0v) is 17.3. The number of nitrogens with zero attached hydrogens (tertiary/aromatic N) is 2. The van der Waals surface area contributed by atoms with Gasteiger partial charge in [0.1, 0.15) is 0 Å². The van der Waals surface area contributed by atoms with Crippen LogP contribution in [0.5, 0.6) is 0 Å². The fourth-order valence-corrected chi connectivity index (χ4v) is 4.76. The molecule has 0 fully saturated rings. The van der Waals surface area contributed by atoms with Crippen molar-refractivity contribution < 1.29 is 4.79 Å². The van der Waals surface area contributed by atoms with Crippen LogP contribution >= 0.6 is 11.3 Å². The van der Waals surface area contributed by atoms with Crippen LogP contribution in [0.25, 0.3) is 21.0 Å². The fourth-order valence-electron chi connectivity index (χ4n) is 3.60. The maximum atomic E-state index is 12.8. The second kappa shape index (κ2) is 7.72. The van der Waals surface area contributed by atoms with Crippen LogP contribution in [0.1, 0.15) is 30.0 Å². The van der Waals surface area contributed by atoms with Gasteiger partial charge in [0.25, 0.3) is 5.91 Å². The Morgan fingerprint density at radius 2 is 1.79 bits per heavy atom. The molecule has 0 saturated heterocycles. The van der Waals surface area contributed by atoms with E-state index in [1.165, 1.54) is 21.3 Å². The van der Waals surface area contributed by atoms with E-state index in [9.17, 15) is 4.79 Å². The van der Waals surface area contributed by atoms with Crippen LogP contribution in [0.3, 0.4) is 0 Å². The summed E-state index contributed by atoms with van der Waals surface area (Å²) in [5, 5.41) is 2.28. The van der Waals surface area contributed by atoms with Gasteiger partial charge < -0.3 is 4.57 Å². The van der Waals surface area contributed by atoms with Crippen molar-refractivity contribution in [3.05, 3.63) is 76.1 Å². The number of hydrogen-bond acceptors (Lipinski definition) is 2. The Balaban J connectivity index is 1.76. The molecule has 0 aliphatic carbocycles. The highest BCUT2D eigenvalue weighted by Crippen LogP contribution is 2.23. The summed E-state index contributed by atoms with van der Waals surface area (Å²) in [6.45, 7) is 7.27. The number of benzene rings is 3. The highest BCUT2D eigenvalue weighted by molar-refractivity contribution is 7.16. The summed E-state index contributed by atoms with van der Waals surface area (Å²) in [7, 11) is 0. The Morgan fingerprint density at radius 3 is 2.61 bits per heavy atom. The molecule has 3 aromatic carbocycles. The molecule has 0 N–H and O–H groups in total. The summed E-state index contributed by atoms with van der Waals surface area (Å²) in [5.41, 5.74) is 4.74. The number of hydrogen-bond donors (Lipinski definition) is 0. The maximum Gasteiger partial charge on any atom is 0.252 e. The van der Waals surface area contributed by atoms with Gasteiger partial charge in [-0.2, -0.15) is 4.99 Å². The highest BCUT2D eigenvalue weighted by atomic mass is 32.1. The average molecular weight is 389 g/mol. The zero-order chi connectivity index (χ0) is 19.7.